The van der Waals surface area contributed by atoms with Gasteiger partial charge < -0.3 is 10.9 Å². The molecular formula is C10H12N6O. The van der Waals surface area contributed by atoms with Gasteiger partial charge in [0.25, 0.3) is 0 Å². The summed E-state index contributed by atoms with van der Waals surface area (Å²) in [6.45, 7) is 3.83. The van der Waals surface area contributed by atoms with Crippen LogP contribution in [0.5, 0.6) is 0 Å². The monoisotopic (exact) mass is 232 g/mol. The van der Waals surface area contributed by atoms with E-state index in [0.29, 0.717) is 11.5 Å². The Morgan fingerprint density at radius 2 is 2.12 bits per heavy atom. The standard InChI is InChI=1S/C10H12N6O/c1-6-3-7(2)16(14-6)9-5-12-8(4-13-9)10(11)15-17/h3-5,17H,1-2H3,(H2,11,15). The Hall–Kier alpha value is -2.44. The largest absolute Gasteiger partial charge is 0.409 e. The zero-order valence-corrected chi connectivity index (χ0v) is 9.49. The lowest BCUT2D eigenvalue weighted by molar-refractivity contribution is 0.318. The molecule has 0 unspecified atom stereocenters. The lowest BCUT2D eigenvalue weighted by Crippen LogP contribution is -2.16. The summed E-state index contributed by atoms with van der Waals surface area (Å²) in [5.41, 5.74) is 7.58. The van der Waals surface area contributed by atoms with Crippen LogP contribution in [0.4, 0.5) is 0 Å². The number of rotatable bonds is 2. The maximum absolute atomic E-state index is 8.50. The van der Waals surface area contributed by atoms with E-state index in [1.807, 2.05) is 19.9 Å². The van der Waals surface area contributed by atoms with Crippen molar-refractivity contribution in [3.63, 3.8) is 0 Å². The van der Waals surface area contributed by atoms with Crippen molar-refractivity contribution in [2.75, 3.05) is 0 Å². The lowest BCUT2D eigenvalue weighted by atomic mass is 10.4. The molecule has 7 nitrogen and oxygen atoms in total. The van der Waals surface area contributed by atoms with Crippen LogP contribution >= 0.6 is 0 Å². The van der Waals surface area contributed by atoms with Crippen LogP contribution < -0.4 is 5.73 Å². The van der Waals surface area contributed by atoms with Crippen LogP contribution in [-0.2, 0) is 0 Å². The molecule has 0 saturated carbocycles. The molecule has 7 heteroatoms. The Balaban J connectivity index is 2.39. The van der Waals surface area contributed by atoms with Crippen LogP contribution in [0.25, 0.3) is 5.82 Å². The van der Waals surface area contributed by atoms with Crippen LogP contribution in [0, 0.1) is 13.8 Å². The van der Waals surface area contributed by atoms with Crippen LogP contribution in [-0.4, -0.2) is 30.8 Å². The van der Waals surface area contributed by atoms with Crippen molar-refractivity contribution in [2.45, 2.75) is 13.8 Å². The third-order valence-corrected chi connectivity index (χ3v) is 2.23. The third-order valence-electron chi connectivity index (χ3n) is 2.23. The van der Waals surface area contributed by atoms with E-state index in [9.17, 15) is 0 Å². The molecule has 2 aromatic heterocycles. The Morgan fingerprint density at radius 1 is 1.35 bits per heavy atom. The van der Waals surface area contributed by atoms with E-state index in [2.05, 4.69) is 20.2 Å². The SMILES string of the molecule is Cc1cc(C)n(-c2cnc(C(N)=NO)cn2)n1. The average Bonchev–Trinajstić information content (AvgIpc) is 2.68. The van der Waals surface area contributed by atoms with Crippen molar-refractivity contribution in [3.05, 3.63) is 35.5 Å². The topological polar surface area (TPSA) is 102 Å². The Kier molecular flexibility index (Phi) is 2.73. The lowest BCUT2D eigenvalue weighted by Gasteiger charge is -2.03. The van der Waals surface area contributed by atoms with Gasteiger partial charge in [0.1, 0.15) is 5.69 Å². The van der Waals surface area contributed by atoms with Gasteiger partial charge in [-0.25, -0.2) is 14.6 Å². The van der Waals surface area contributed by atoms with Gasteiger partial charge in [0.2, 0.25) is 0 Å². The number of hydrogen-bond donors (Lipinski definition) is 2. The molecule has 0 amide bonds. The summed E-state index contributed by atoms with van der Waals surface area (Å²) in [4.78, 5) is 8.20. The maximum Gasteiger partial charge on any atom is 0.190 e. The van der Waals surface area contributed by atoms with Crippen molar-refractivity contribution in [1.29, 1.82) is 0 Å². The molecule has 0 aliphatic rings. The molecule has 0 saturated heterocycles. The highest BCUT2D eigenvalue weighted by Crippen LogP contribution is 2.08. The van der Waals surface area contributed by atoms with Gasteiger partial charge in [0.15, 0.2) is 11.7 Å². The van der Waals surface area contributed by atoms with E-state index >= 15 is 0 Å². The van der Waals surface area contributed by atoms with Gasteiger partial charge in [0, 0.05) is 5.69 Å². The predicted octanol–water partition coefficient (Wildman–Crippen LogP) is 0.374. The molecule has 2 heterocycles. The highest BCUT2D eigenvalue weighted by molar-refractivity contribution is 5.94. The minimum atomic E-state index is -0.0718. The van der Waals surface area contributed by atoms with Crippen molar-refractivity contribution in [3.8, 4) is 5.82 Å². The molecule has 0 atom stereocenters. The number of nitrogens with two attached hydrogens (primary N) is 1. The predicted molar refractivity (Wildman–Crippen MR) is 61.1 cm³/mol. The molecule has 0 aliphatic carbocycles. The molecule has 0 aromatic carbocycles. The van der Waals surface area contributed by atoms with E-state index in [0.717, 1.165) is 11.4 Å². The summed E-state index contributed by atoms with van der Waals surface area (Å²) in [5, 5.41) is 15.6. The minimum absolute atomic E-state index is 0.0718. The van der Waals surface area contributed by atoms with E-state index in [1.54, 1.807) is 4.68 Å². The number of aromatic nitrogens is 4. The fourth-order valence-corrected chi connectivity index (χ4v) is 1.47. The van der Waals surface area contributed by atoms with E-state index in [-0.39, 0.29) is 5.84 Å². The van der Waals surface area contributed by atoms with E-state index < -0.39 is 0 Å². The summed E-state index contributed by atoms with van der Waals surface area (Å²) in [6.07, 6.45) is 2.95. The quantitative estimate of drug-likeness (QED) is 0.337. The van der Waals surface area contributed by atoms with Gasteiger partial charge in [-0.05, 0) is 19.9 Å². The van der Waals surface area contributed by atoms with Gasteiger partial charge in [-0.2, -0.15) is 5.10 Å². The van der Waals surface area contributed by atoms with Gasteiger partial charge in [0.05, 0.1) is 18.1 Å². The number of amidine groups is 1. The highest BCUT2D eigenvalue weighted by atomic mass is 16.4. The molecule has 0 fully saturated rings. The molecule has 0 aliphatic heterocycles. The van der Waals surface area contributed by atoms with Crippen molar-refractivity contribution in [2.24, 2.45) is 10.9 Å². The second kappa shape index (κ2) is 4.20. The Morgan fingerprint density at radius 3 is 2.59 bits per heavy atom. The first-order chi connectivity index (χ1) is 8.11. The van der Waals surface area contributed by atoms with Crippen LogP contribution in [0.3, 0.4) is 0 Å². The van der Waals surface area contributed by atoms with E-state index in [1.165, 1.54) is 12.4 Å². The van der Waals surface area contributed by atoms with Crippen LogP contribution in [0.15, 0.2) is 23.6 Å². The van der Waals surface area contributed by atoms with Crippen molar-refractivity contribution >= 4 is 5.84 Å². The molecule has 88 valence electrons. The Bertz CT molecular complexity index is 557. The number of oxime groups is 1. The molecule has 2 aromatic rings. The number of aryl methyl sites for hydroxylation is 2. The Labute approximate surface area is 97.6 Å². The first-order valence-electron chi connectivity index (χ1n) is 4.95. The van der Waals surface area contributed by atoms with Gasteiger partial charge >= 0.3 is 0 Å². The fourth-order valence-electron chi connectivity index (χ4n) is 1.47. The molecule has 3 N–H and O–H groups in total. The van der Waals surface area contributed by atoms with Gasteiger partial charge in [-0.1, -0.05) is 5.16 Å². The smallest absolute Gasteiger partial charge is 0.190 e. The maximum atomic E-state index is 8.50. The summed E-state index contributed by atoms with van der Waals surface area (Å²) >= 11 is 0. The van der Waals surface area contributed by atoms with E-state index in [4.69, 9.17) is 10.9 Å². The minimum Gasteiger partial charge on any atom is -0.409 e. The van der Waals surface area contributed by atoms with Crippen molar-refractivity contribution in [1.82, 2.24) is 19.7 Å². The average molecular weight is 232 g/mol. The zero-order valence-electron chi connectivity index (χ0n) is 9.49. The summed E-state index contributed by atoms with van der Waals surface area (Å²) in [6, 6.07) is 1.94. The molecule has 0 bridgehead atoms. The summed E-state index contributed by atoms with van der Waals surface area (Å²) in [5.74, 6) is 0.516. The molecule has 0 spiro atoms. The molecule has 17 heavy (non-hydrogen) atoms. The van der Waals surface area contributed by atoms with Crippen LogP contribution in [0.1, 0.15) is 17.1 Å². The first kappa shape index (κ1) is 11.1. The second-order valence-corrected chi connectivity index (χ2v) is 3.58. The summed E-state index contributed by atoms with van der Waals surface area (Å²) < 4.78 is 1.68. The van der Waals surface area contributed by atoms with Gasteiger partial charge in [-0.15, -0.1) is 0 Å². The third kappa shape index (κ3) is 2.07. The zero-order chi connectivity index (χ0) is 12.4. The molecule has 0 radical (unpaired) electrons. The molecule has 2 rings (SSSR count). The second-order valence-electron chi connectivity index (χ2n) is 3.58. The number of nitrogens with zero attached hydrogens (tertiary/aromatic N) is 5. The first-order valence-corrected chi connectivity index (χ1v) is 4.95. The normalized spacial score (nSPS) is 11.8. The number of hydrogen-bond acceptors (Lipinski definition) is 5. The highest BCUT2D eigenvalue weighted by Gasteiger charge is 2.07. The molecular weight excluding hydrogens is 220 g/mol. The van der Waals surface area contributed by atoms with Gasteiger partial charge in [-0.3, -0.25) is 0 Å². The van der Waals surface area contributed by atoms with Crippen LogP contribution in [0.2, 0.25) is 0 Å². The summed E-state index contributed by atoms with van der Waals surface area (Å²) in [7, 11) is 0. The fraction of sp³-hybridized carbons (Fsp3) is 0.200. The van der Waals surface area contributed by atoms with Crippen molar-refractivity contribution < 1.29 is 5.21 Å².